The van der Waals surface area contributed by atoms with Gasteiger partial charge in [-0.25, -0.2) is 0 Å². The van der Waals surface area contributed by atoms with Gasteiger partial charge in [0.25, 0.3) is 0 Å². The predicted molar refractivity (Wildman–Crippen MR) is 74.0 cm³/mol. The van der Waals surface area contributed by atoms with E-state index < -0.39 is 0 Å². The van der Waals surface area contributed by atoms with Crippen molar-refractivity contribution in [1.82, 2.24) is 4.90 Å². The molecule has 0 aromatic rings. The summed E-state index contributed by atoms with van der Waals surface area (Å²) in [6, 6.07) is 0. The lowest BCUT2D eigenvalue weighted by molar-refractivity contribution is -0.135. The molecule has 0 spiro atoms. The summed E-state index contributed by atoms with van der Waals surface area (Å²) in [6.07, 6.45) is 5.85. The standard InChI is InChI=1S/C15H28N2O/c1-11(2)8-12-6-7-17(10-12)15(18)14-5-3-4-13(14)9-16/h11-14H,3-10,16H2,1-2H3/t12?,13-,14-/m1/s1. The molecule has 2 rings (SSSR count). The van der Waals surface area contributed by atoms with Crippen molar-refractivity contribution in [2.24, 2.45) is 29.4 Å². The van der Waals surface area contributed by atoms with Gasteiger partial charge in [-0.05, 0) is 50.0 Å². The number of hydrogen-bond donors (Lipinski definition) is 1. The highest BCUT2D eigenvalue weighted by molar-refractivity contribution is 5.79. The van der Waals surface area contributed by atoms with Gasteiger partial charge in [-0.15, -0.1) is 0 Å². The molecule has 1 aliphatic heterocycles. The molecule has 1 heterocycles. The molecular formula is C15H28N2O. The van der Waals surface area contributed by atoms with E-state index in [2.05, 4.69) is 18.7 Å². The van der Waals surface area contributed by atoms with E-state index >= 15 is 0 Å². The maximum Gasteiger partial charge on any atom is 0.226 e. The monoisotopic (exact) mass is 252 g/mol. The Kier molecular flexibility index (Phi) is 4.66. The molecule has 1 amide bonds. The van der Waals surface area contributed by atoms with Crippen LogP contribution in [0.3, 0.4) is 0 Å². The average molecular weight is 252 g/mol. The van der Waals surface area contributed by atoms with Gasteiger partial charge in [0, 0.05) is 19.0 Å². The Hall–Kier alpha value is -0.570. The zero-order valence-electron chi connectivity index (χ0n) is 11.9. The van der Waals surface area contributed by atoms with Crippen LogP contribution in [0.15, 0.2) is 0 Å². The van der Waals surface area contributed by atoms with Gasteiger partial charge in [0.2, 0.25) is 5.91 Å². The van der Waals surface area contributed by atoms with Gasteiger partial charge in [-0.2, -0.15) is 0 Å². The largest absolute Gasteiger partial charge is 0.342 e. The second-order valence-electron chi connectivity index (χ2n) is 6.60. The zero-order chi connectivity index (χ0) is 13.1. The van der Waals surface area contributed by atoms with Gasteiger partial charge in [-0.1, -0.05) is 20.3 Å². The molecule has 1 unspecified atom stereocenters. The Balaban J connectivity index is 1.87. The van der Waals surface area contributed by atoms with Crippen molar-refractivity contribution in [3.05, 3.63) is 0 Å². The minimum absolute atomic E-state index is 0.229. The van der Waals surface area contributed by atoms with E-state index in [1.165, 1.54) is 19.3 Å². The molecule has 3 atom stereocenters. The third-order valence-corrected chi connectivity index (χ3v) is 4.68. The number of amides is 1. The van der Waals surface area contributed by atoms with Gasteiger partial charge in [0.15, 0.2) is 0 Å². The molecule has 18 heavy (non-hydrogen) atoms. The fourth-order valence-corrected chi connectivity index (χ4v) is 3.77. The molecule has 0 aromatic carbocycles. The number of likely N-dealkylation sites (tertiary alicyclic amines) is 1. The highest BCUT2D eigenvalue weighted by Crippen LogP contribution is 2.34. The second kappa shape index (κ2) is 6.05. The third-order valence-electron chi connectivity index (χ3n) is 4.68. The highest BCUT2D eigenvalue weighted by atomic mass is 16.2. The van der Waals surface area contributed by atoms with Crippen LogP contribution < -0.4 is 5.73 Å². The molecule has 3 nitrogen and oxygen atoms in total. The molecule has 2 N–H and O–H groups in total. The first-order chi connectivity index (χ1) is 8.61. The molecule has 104 valence electrons. The summed E-state index contributed by atoms with van der Waals surface area (Å²) in [7, 11) is 0. The Bertz CT molecular complexity index is 290. The van der Waals surface area contributed by atoms with Crippen molar-refractivity contribution in [1.29, 1.82) is 0 Å². The van der Waals surface area contributed by atoms with Crippen LogP contribution in [-0.4, -0.2) is 30.4 Å². The number of carbonyl (C=O) groups excluding carboxylic acids is 1. The lowest BCUT2D eigenvalue weighted by Crippen LogP contribution is -2.37. The van der Waals surface area contributed by atoms with Crippen LogP contribution in [-0.2, 0) is 4.79 Å². The summed E-state index contributed by atoms with van der Waals surface area (Å²) in [5.74, 6) is 2.55. The first kappa shape index (κ1) is 13.9. The van der Waals surface area contributed by atoms with Gasteiger partial charge in [0.05, 0.1) is 0 Å². The van der Waals surface area contributed by atoms with Crippen molar-refractivity contribution >= 4 is 5.91 Å². The zero-order valence-corrected chi connectivity index (χ0v) is 11.9. The van der Waals surface area contributed by atoms with Crippen LogP contribution >= 0.6 is 0 Å². The van der Waals surface area contributed by atoms with Crippen molar-refractivity contribution in [3.8, 4) is 0 Å². The molecule has 3 heteroatoms. The Morgan fingerprint density at radius 1 is 1.33 bits per heavy atom. The maximum absolute atomic E-state index is 12.5. The van der Waals surface area contributed by atoms with Crippen LogP contribution in [0.1, 0.15) is 46.0 Å². The minimum atomic E-state index is 0.229. The first-order valence-electron chi connectivity index (χ1n) is 7.60. The van der Waals surface area contributed by atoms with Crippen molar-refractivity contribution in [3.63, 3.8) is 0 Å². The van der Waals surface area contributed by atoms with E-state index in [0.29, 0.717) is 18.4 Å². The highest BCUT2D eigenvalue weighted by Gasteiger charge is 2.37. The SMILES string of the molecule is CC(C)CC1CCN(C(=O)[C@@H]2CCC[C@@H]2CN)C1. The summed E-state index contributed by atoms with van der Waals surface area (Å²) in [5, 5.41) is 0. The number of rotatable bonds is 4. The third kappa shape index (κ3) is 3.05. The Labute approximate surface area is 111 Å². The fourth-order valence-electron chi connectivity index (χ4n) is 3.77. The normalized spacial score (nSPS) is 32.4. The van der Waals surface area contributed by atoms with Gasteiger partial charge in [-0.3, -0.25) is 4.79 Å². The number of hydrogen-bond acceptors (Lipinski definition) is 2. The number of nitrogens with zero attached hydrogens (tertiary/aromatic N) is 1. The lowest BCUT2D eigenvalue weighted by Gasteiger charge is -2.24. The molecular weight excluding hydrogens is 224 g/mol. The quantitative estimate of drug-likeness (QED) is 0.834. The summed E-state index contributed by atoms with van der Waals surface area (Å²) in [6.45, 7) is 7.19. The van der Waals surface area contributed by atoms with Crippen molar-refractivity contribution < 1.29 is 4.79 Å². The topological polar surface area (TPSA) is 46.3 Å². The molecule has 1 saturated carbocycles. The molecule has 1 aliphatic carbocycles. The van der Waals surface area contributed by atoms with E-state index in [-0.39, 0.29) is 5.92 Å². The van der Waals surface area contributed by atoms with E-state index in [1.54, 1.807) is 0 Å². The molecule has 2 aliphatic rings. The van der Waals surface area contributed by atoms with Crippen LogP contribution in [0.2, 0.25) is 0 Å². The molecule has 0 radical (unpaired) electrons. The molecule has 1 saturated heterocycles. The van der Waals surface area contributed by atoms with E-state index in [0.717, 1.165) is 37.8 Å². The minimum Gasteiger partial charge on any atom is -0.342 e. The first-order valence-corrected chi connectivity index (χ1v) is 7.60. The van der Waals surface area contributed by atoms with Crippen LogP contribution in [0, 0.1) is 23.7 Å². The fraction of sp³-hybridized carbons (Fsp3) is 0.933. The smallest absolute Gasteiger partial charge is 0.226 e. The molecule has 0 aromatic heterocycles. The van der Waals surface area contributed by atoms with Crippen LogP contribution in [0.5, 0.6) is 0 Å². The Morgan fingerprint density at radius 3 is 2.78 bits per heavy atom. The predicted octanol–water partition coefficient (Wildman–Crippen LogP) is 2.26. The van der Waals surface area contributed by atoms with Crippen LogP contribution in [0.25, 0.3) is 0 Å². The maximum atomic E-state index is 12.5. The van der Waals surface area contributed by atoms with Gasteiger partial charge >= 0.3 is 0 Å². The van der Waals surface area contributed by atoms with Gasteiger partial charge < -0.3 is 10.6 Å². The second-order valence-corrected chi connectivity index (χ2v) is 6.60. The van der Waals surface area contributed by atoms with Crippen LogP contribution in [0.4, 0.5) is 0 Å². The summed E-state index contributed by atoms with van der Waals surface area (Å²) >= 11 is 0. The lowest BCUT2D eigenvalue weighted by atomic mass is 9.94. The summed E-state index contributed by atoms with van der Waals surface area (Å²) in [5.41, 5.74) is 5.78. The molecule has 2 fully saturated rings. The van der Waals surface area contributed by atoms with Crippen molar-refractivity contribution in [2.45, 2.75) is 46.0 Å². The van der Waals surface area contributed by atoms with E-state index in [4.69, 9.17) is 5.73 Å². The number of carbonyl (C=O) groups is 1. The van der Waals surface area contributed by atoms with Crippen molar-refractivity contribution in [2.75, 3.05) is 19.6 Å². The van der Waals surface area contributed by atoms with Gasteiger partial charge in [0.1, 0.15) is 0 Å². The number of nitrogens with two attached hydrogens (primary N) is 1. The van der Waals surface area contributed by atoms with E-state index in [1.807, 2.05) is 0 Å². The Morgan fingerprint density at radius 2 is 2.11 bits per heavy atom. The summed E-state index contributed by atoms with van der Waals surface area (Å²) < 4.78 is 0. The molecule has 0 bridgehead atoms. The summed E-state index contributed by atoms with van der Waals surface area (Å²) in [4.78, 5) is 14.6. The average Bonchev–Trinajstić information content (AvgIpc) is 2.95. The van der Waals surface area contributed by atoms with E-state index in [9.17, 15) is 4.79 Å².